The zero-order chi connectivity index (χ0) is 17.0. The molecule has 5 nitrogen and oxygen atoms in total. The number of hydrogen-bond donors (Lipinski definition) is 2. The molecule has 0 aliphatic heterocycles. The van der Waals surface area contributed by atoms with Crippen LogP contribution in [0.1, 0.15) is 0 Å². The molecule has 0 aromatic heterocycles. The van der Waals surface area contributed by atoms with Gasteiger partial charge in [-0.1, -0.05) is 36.4 Å². The molecule has 0 atom stereocenters. The van der Waals surface area contributed by atoms with Gasteiger partial charge in [0.05, 0.1) is 28.2 Å². The van der Waals surface area contributed by atoms with Gasteiger partial charge in [0.2, 0.25) is 0 Å². The summed E-state index contributed by atoms with van der Waals surface area (Å²) < 4.78 is 0. The lowest BCUT2D eigenvalue weighted by molar-refractivity contribution is -0.786. The third kappa shape index (κ3) is 10.4. The Morgan fingerprint density at radius 2 is 0.909 bits per heavy atom. The van der Waals surface area contributed by atoms with E-state index in [-0.39, 0.29) is 0 Å². The maximum absolute atomic E-state index is 8.33. The van der Waals surface area contributed by atoms with E-state index in [1.54, 1.807) is 0 Å². The molecule has 22 heavy (non-hydrogen) atoms. The molecule has 0 fully saturated rings. The van der Waals surface area contributed by atoms with Gasteiger partial charge >= 0.3 is 0 Å². The Morgan fingerprint density at radius 3 is 1.05 bits per heavy atom. The van der Waals surface area contributed by atoms with Crippen LogP contribution in [0.4, 0.5) is 16.2 Å². The van der Waals surface area contributed by atoms with Crippen molar-refractivity contribution in [2.75, 3.05) is 28.2 Å². The second kappa shape index (κ2) is 11.3. The molecule has 0 aliphatic rings. The summed E-state index contributed by atoms with van der Waals surface area (Å²) in [6.07, 6.45) is -2.33. The third-order valence-electron chi connectivity index (χ3n) is 2.70. The van der Waals surface area contributed by atoms with E-state index >= 15 is 0 Å². The van der Waals surface area contributed by atoms with Crippen molar-refractivity contribution in [2.45, 2.75) is 0 Å². The van der Waals surface area contributed by atoms with Crippen molar-refractivity contribution in [1.29, 1.82) is 0 Å². The molecule has 0 radical (unpaired) electrons. The zero-order valence-corrected chi connectivity index (χ0v) is 13.5. The minimum absolute atomic E-state index is 1.33. The molecule has 0 saturated carbocycles. The molecular formula is C17H24N2O3. The summed E-state index contributed by atoms with van der Waals surface area (Å²) in [7, 11) is 8.48. The summed E-state index contributed by atoms with van der Waals surface area (Å²) in [6, 6.07) is 20.8. The Labute approximate surface area is 132 Å². The number of rotatable bonds is 2. The number of quaternary nitrogens is 2. The molecule has 2 aromatic carbocycles. The number of carboxylic acid groups (broad SMARTS) is 2. The van der Waals surface area contributed by atoms with Gasteiger partial charge < -0.3 is 24.8 Å². The molecule has 2 aromatic rings. The molecule has 2 rings (SSSR count). The Hall–Kier alpha value is -2.37. The van der Waals surface area contributed by atoms with Crippen molar-refractivity contribution in [3.63, 3.8) is 0 Å². The fourth-order valence-corrected chi connectivity index (χ4v) is 1.54. The van der Waals surface area contributed by atoms with Crippen molar-refractivity contribution >= 4 is 17.5 Å². The average Bonchev–Trinajstić information content (AvgIpc) is 2.49. The molecule has 0 saturated heterocycles. The molecule has 5 heteroatoms. The fourth-order valence-electron chi connectivity index (χ4n) is 1.54. The second-order valence-electron chi connectivity index (χ2n) is 4.98. The molecule has 2 N–H and O–H groups in total. The first kappa shape index (κ1) is 19.6. The summed E-state index contributed by atoms with van der Waals surface area (Å²) in [4.78, 5) is 11.1. The minimum atomic E-state index is -2.33. The van der Waals surface area contributed by atoms with Gasteiger partial charge in [-0.2, -0.15) is 0 Å². The maximum Gasteiger partial charge on any atom is 0.130 e. The van der Waals surface area contributed by atoms with Gasteiger partial charge in [0.1, 0.15) is 11.4 Å². The van der Waals surface area contributed by atoms with E-state index in [4.69, 9.17) is 15.0 Å². The Bertz CT molecular complexity index is 466. The van der Waals surface area contributed by atoms with Crippen LogP contribution in [0.25, 0.3) is 0 Å². The molecule has 0 spiro atoms. The predicted molar refractivity (Wildman–Crippen MR) is 83.2 cm³/mol. The summed E-state index contributed by atoms with van der Waals surface area (Å²) in [6.45, 7) is 0. The van der Waals surface area contributed by atoms with Crippen LogP contribution in [0.2, 0.25) is 0 Å². The lowest BCUT2D eigenvalue weighted by Crippen LogP contribution is -3.00. The highest BCUT2D eigenvalue weighted by Gasteiger charge is 1.94. The normalized spacial score (nSPS) is 9.36. The van der Waals surface area contributed by atoms with Crippen LogP contribution in [0.15, 0.2) is 60.7 Å². The van der Waals surface area contributed by atoms with Crippen molar-refractivity contribution < 1.29 is 24.8 Å². The molecule has 120 valence electrons. The first-order valence-electron chi connectivity index (χ1n) is 6.93. The molecule has 0 unspecified atom stereocenters. The number of benzene rings is 2. The minimum Gasteiger partial charge on any atom is -0.652 e. The Balaban J connectivity index is 0.000000326. The first-order valence-corrected chi connectivity index (χ1v) is 6.93. The van der Waals surface area contributed by atoms with Gasteiger partial charge in [-0.3, -0.25) is 0 Å². The van der Waals surface area contributed by atoms with Crippen molar-refractivity contribution in [1.82, 2.24) is 0 Å². The van der Waals surface area contributed by atoms with Gasteiger partial charge in [-0.25, -0.2) is 0 Å². The zero-order valence-electron chi connectivity index (χ0n) is 13.5. The summed E-state index contributed by atoms with van der Waals surface area (Å²) in [5, 5.41) is 16.7. The van der Waals surface area contributed by atoms with E-state index in [9.17, 15) is 0 Å². The molecule has 0 amide bonds. The number of para-hydroxylation sites is 2. The molecule has 0 bridgehead atoms. The summed E-state index contributed by atoms with van der Waals surface area (Å²) >= 11 is 0. The number of nitrogens with one attached hydrogen (secondary N) is 2. The summed E-state index contributed by atoms with van der Waals surface area (Å²) in [5.41, 5.74) is 2.66. The predicted octanol–water partition coefficient (Wildman–Crippen LogP) is -1.52. The van der Waals surface area contributed by atoms with E-state index in [1.165, 1.54) is 21.2 Å². The monoisotopic (exact) mass is 304 g/mol. The number of carbonyl (C=O) groups is 1. The average molecular weight is 304 g/mol. The highest BCUT2D eigenvalue weighted by Crippen LogP contribution is 1.96. The number of hydrogen-bond acceptors (Lipinski definition) is 3. The van der Waals surface area contributed by atoms with Gasteiger partial charge in [0, 0.05) is 0 Å². The quantitative estimate of drug-likeness (QED) is 0.708. The van der Waals surface area contributed by atoms with Crippen molar-refractivity contribution in [2.24, 2.45) is 0 Å². The third-order valence-corrected chi connectivity index (χ3v) is 2.70. The van der Waals surface area contributed by atoms with E-state index in [0.717, 1.165) is 0 Å². The van der Waals surface area contributed by atoms with Gasteiger partial charge in [-0.05, 0) is 30.4 Å². The lowest BCUT2D eigenvalue weighted by Gasteiger charge is -2.03. The van der Waals surface area contributed by atoms with E-state index in [0.29, 0.717) is 0 Å². The molecule has 0 aliphatic carbocycles. The lowest BCUT2D eigenvalue weighted by atomic mass is 10.3. The van der Waals surface area contributed by atoms with Crippen LogP contribution >= 0.6 is 0 Å². The van der Waals surface area contributed by atoms with E-state index < -0.39 is 6.16 Å². The number of carbonyl (C=O) groups excluding carboxylic acids is 1. The Morgan fingerprint density at radius 1 is 0.682 bits per heavy atom. The smallest absolute Gasteiger partial charge is 0.130 e. The molecule has 0 heterocycles. The van der Waals surface area contributed by atoms with Crippen LogP contribution in [0, 0.1) is 0 Å². The van der Waals surface area contributed by atoms with Crippen LogP contribution in [-0.2, 0) is 0 Å². The second-order valence-corrected chi connectivity index (χ2v) is 4.98. The topological polar surface area (TPSA) is 72.1 Å². The SMILES string of the molecule is C[NH+](C)c1ccccc1.C[NH+](C)c1ccccc1.O=C([O-])[O-]. The van der Waals surface area contributed by atoms with Crippen LogP contribution in [0.5, 0.6) is 0 Å². The van der Waals surface area contributed by atoms with Crippen LogP contribution in [0.3, 0.4) is 0 Å². The summed E-state index contributed by atoms with van der Waals surface area (Å²) in [5.74, 6) is 0. The highest BCUT2D eigenvalue weighted by atomic mass is 16.6. The van der Waals surface area contributed by atoms with Gasteiger partial charge in [0.25, 0.3) is 0 Å². The first-order chi connectivity index (χ1) is 10.3. The van der Waals surface area contributed by atoms with Gasteiger partial charge in [-0.15, -0.1) is 0 Å². The van der Waals surface area contributed by atoms with Crippen molar-refractivity contribution in [3.05, 3.63) is 60.7 Å². The Kier molecular flexibility index (Phi) is 10.1. The standard InChI is InChI=1S/2C8H11N.CH2O3/c2*1-9(2)8-6-4-3-5-7-8;2-1(3)4/h2*3-7H,1-2H3;(H2,2,3,4). The fraction of sp³-hybridized carbons (Fsp3) is 0.235. The van der Waals surface area contributed by atoms with Crippen LogP contribution < -0.4 is 20.0 Å². The molecular weight excluding hydrogens is 280 g/mol. The van der Waals surface area contributed by atoms with Crippen molar-refractivity contribution in [3.8, 4) is 0 Å². The van der Waals surface area contributed by atoms with E-state index in [1.807, 2.05) is 12.1 Å². The largest absolute Gasteiger partial charge is 0.652 e. The van der Waals surface area contributed by atoms with E-state index in [2.05, 4.69) is 76.7 Å². The van der Waals surface area contributed by atoms with Crippen LogP contribution in [-0.4, -0.2) is 34.3 Å². The highest BCUT2D eigenvalue weighted by molar-refractivity contribution is 5.47. The maximum atomic E-state index is 8.33. The van der Waals surface area contributed by atoms with Gasteiger partial charge in [0.15, 0.2) is 0 Å².